The summed E-state index contributed by atoms with van der Waals surface area (Å²) in [7, 11) is 0. The lowest BCUT2D eigenvalue weighted by Crippen LogP contribution is -2.39. The molecule has 156 valence electrons. The number of carbonyl (C=O) groups is 1. The summed E-state index contributed by atoms with van der Waals surface area (Å²) >= 11 is 0. The second kappa shape index (κ2) is 9.26. The van der Waals surface area contributed by atoms with Gasteiger partial charge in [0.15, 0.2) is 0 Å². The van der Waals surface area contributed by atoms with Crippen molar-refractivity contribution in [2.75, 3.05) is 25.0 Å². The molecule has 1 saturated heterocycles. The Bertz CT molecular complexity index is 834. The van der Waals surface area contributed by atoms with E-state index in [9.17, 15) is 18.0 Å². The van der Waals surface area contributed by atoms with Crippen molar-refractivity contribution in [1.82, 2.24) is 9.88 Å². The summed E-state index contributed by atoms with van der Waals surface area (Å²) in [4.78, 5) is 19.0. The molecule has 1 aliphatic rings. The Balaban J connectivity index is 1.44. The SMILES string of the molecule is Cc1cccc(NC(=O)C2CCN(CCc3cccc(OC(F)(F)F)c3)CC2)n1. The molecule has 2 aromatic rings. The number of likely N-dealkylation sites (tertiary alicyclic amines) is 1. The summed E-state index contributed by atoms with van der Waals surface area (Å²) in [6.07, 6.45) is -2.57. The summed E-state index contributed by atoms with van der Waals surface area (Å²) in [6.45, 7) is 4.15. The van der Waals surface area contributed by atoms with Gasteiger partial charge in [0.1, 0.15) is 11.6 Å². The number of hydrogen-bond donors (Lipinski definition) is 1. The van der Waals surface area contributed by atoms with Crippen LogP contribution in [0, 0.1) is 12.8 Å². The van der Waals surface area contributed by atoms with Crippen molar-refractivity contribution in [2.45, 2.75) is 32.5 Å². The minimum Gasteiger partial charge on any atom is -0.406 e. The van der Waals surface area contributed by atoms with Crippen molar-refractivity contribution in [3.63, 3.8) is 0 Å². The Kier molecular flexibility index (Phi) is 6.74. The van der Waals surface area contributed by atoms with E-state index in [1.54, 1.807) is 18.2 Å². The Hall–Kier alpha value is -2.61. The molecule has 8 heteroatoms. The van der Waals surface area contributed by atoms with Gasteiger partial charge in [-0.25, -0.2) is 4.98 Å². The topological polar surface area (TPSA) is 54.5 Å². The van der Waals surface area contributed by atoms with Crippen LogP contribution >= 0.6 is 0 Å². The van der Waals surface area contributed by atoms with E-state index in [2.05, 4.69) is 19.9 Å². The van der Waals surface area contributed by atoms with Crippen molar-refractivity contribution in [3.8, 4) is 5.75 Å². The van der Waals surface area contributed by atoms with Gasteiger partial charge >= 0.3 is 6.36 Å². The predicted octanol–water partition coefficient (Wildman–Crippen LogP) is 4.18. The molecule has 1 aliphatic heterocycles. The molecule has 0 saturated carbocycles. The number of halogens is 3. The molecule has 1 aromatic heterocycles. The Morgan fingerprint density at radius 1 is 1.21 bits per heavy atom. The zero-order valence-electron chi connectivity index (χ0n) is 16.2. The van der Waals surface area contributed by atoms with E-state index in [1.807, 2.05) is 19.1 Å². The minimum atomic E-state index is -4.69. The van der Waals surface area contributed by atoms with E-state index < -0.39 is 6.36 Å². The largest absolute Gasteiger partial charge is 0.573 e. The molecular weight excluding hydrogens is 383 g/mol. The predicted molar refractivity (Wildman–Crippen MR) is 104 cm³/mol. The number of alkyl halides is 3. The number of aromatic nitrogens is 1. The number of benzene rings is 1. The molecule has 0 spiro atoms. The highest BCUT2D eigenvalue weighted by molar-refractivity contribution is 5.91. The minimum absolute atomic E-state index is 0.0141. The molecule has 0 radical (unpaired) electrons. The van der Waals surface area contributed by atoms with Gasteiger partial charge < -0.3 is 15.0 Å². The van der Waals surface area contributed by atoms with Crippen LogP contribution in [0.3, 0.4) is 0 Å². The third kappa shape index (κ3) is 6.74. The summed E-state index contributed by atoms with van der Waals surface area (Å²) in [6, 6.07) is 11.6. The number of nitrogens with one attached hydrogen (secondary N) is 1. The van der Waals surface area contributed by atoms with E-state index in [-0.39, 0.29) is 17.6 Å². The fourth-order valence-corrected chi connectivity index (χ4v) is 3.45. The molecule has 3 rings (SSSR count). The maximum atomic E-state index is 12.4. The van der Waals surface area contributed by atoms with Crippen molar-refractivity contribution in [2.24, 2.45) is 5.92 Å². The maximum Gasteiger partial charge on any atom is 0.573 e. The van der Waals surface area contributed by atoms with Gasteiger partial charge in [0.05, 0.1) is 0 Å². The first-order chi connectivity index (χ1) is 13.8. The van der Waals surface area contributed by atoms with Crippen LogP contribution in [-0.2, 0) is 11.2 Å². The van der Waals surface area contributed by atoms with E-state index in [0.29, 0.717) is 12.2 Å². The number of piperidine rings is 1. The Morgan fingerprint density at radius 3 is 2.62 bits per heavy atom. The number of aryl methyl sites for hydroxylation is 1. The van der Waals surface area contributed by atoms with Crippen LogP contribution in [-0.4, -0.2) is 41.8 Å². The normalized spacial score (nSPS) is 15.9. The monoisotopic (exact) mass is 407 g/mol. The van der Waals surface area contributed by atoms with Crippen molar-refractivity contribution in [3.05, 3.63) is 53.7 Å². The molecule has 29 heavy (non-hydrogen) atoms. The first-order valence-corrected chi connectivity index (χ1v) is 9.60. The fraction of sp³-hybridized carbons (Fsp3) is 0.429. The average molecular weight is 407 g/mol. The molecule has 1 N–H and O–H groups in total. The van der Waals surface area contributed by atoms with Crippen LogP contribution in [0.15, 0.2) is 42.5 Å². The van der Waals surface area contributed by atoms with Gasteiger partial charge in [-0.1, -0.05) is 18.2 Å². The van der Waals surface area contributed by atoms with Gasteiger partial charge in [0.25, 0.3) is 0 Å². The number of nitrogens with zero attached hydrogens (tertiary/aromatic N) is 2. The van der Waals surface area contributed by atoms with Crippen LogP contribution in [0.25, 0.3) is 0 Å². The zero-order valence-corrected chi connectivity index (χ0v) is 16.2. The van der Waals surface area contributed by atoms with Crippen LogP contribution in [0.4, 0.5) is 19.0 Å². The highest BCUT2D eigenvalue weighted by Gasteiger charge is 2.31. The Labute approximate surface area is 167 Å². The molecule has 1 fully saturated rings. The van der Waals surface area contributed by atoms with Gasteiger partial charge in [0.2, 0.25) is 5.91 Å². The summed E-state index contributed by atoms with van der Waals surface area (Å²) in [5, 5.41) is 2.88. The number of pyridine rings is 1. The van der Waals surface area contributed by atoms with Crippen LogP contribution in [0.2, 0.25) is 0 Å². The van der Waals surface area contributed by atoms with Crippen LogP contribution < -0.4 is 10.1 Å². The van der Waals surface area contributed by atoms with Crippen molar-refractivity contribution < 1.29 is 22.7 Å². The first kappa shape index (κ1) is 21.1. The van der Waals surface area contributed by atoms with E-state index in [1.165, 1.54) is 12.1 Å². The molecule has 0 bridgehead atoms. The number of ether oxygens (including phenoxy) is 1. The highest BCUT2D eigenvalue weighted by Crippen LogP contribution is 2.24. The van der Waals surface area contributed by atoms with Gasteiger partial charge in [-0.2, -0.15) is 0 Å². The molecule has 0 aliphatic carbocycles. The quantitative estimate of drug-likeness (QED) is 0.781. The number of anilines is 1. The lowest BCUT2D eigenvalue weighted by atomic mass is 9.95. The zero-order chi connectivity index (χ0) is 20.9. The number of hydrogen-bond acceptors (Lipinski definition) is 4. The van der Waals surface area contributed by atoms with Gasteiger partial charge in [0, 0.05) is 18.2 Å². The molecule has 5 nitrogen and oxygen atoms in total. The summed E-state index contributed by atoms with van der Waals surface area (Å²) in [5.74, 6) is 0.297. The lowest BCUT2D eigenvalue weighted by molar-refractivity contribution is -0.274. The molecule has 2 heterocycles. The third-order valence-electron chi connectivity index (χ3n) is 4.95. The molecule has 0 unspecified atom stereocenters. The van der Waals surface area contributed by atoms with E-state index in [4.69, 9.17) is 0 Å². The number of amides is 1. The third-order valence-corrected chi connectivity index (χ3v) is 4.95. The van der Waals surface area contributed by atoms with Gasteiger partial charge in [-0.15, -0.1) is 13.2 Å². The van der Waals surface area contributed by atoms with Crippen molar-refractivity contribution in [1.29, 1.82) is 0 Å². The summed E-state index contributed by atoms with van der Waals surface area (Å²) in [5.41, 5.74) is 1.64. The lowest BCUT2D eigenvalue weighted by Gasteiger charge is -2.31. The second-order valence-corrected chi connectivity index (χ2v) is 7.21. The van der Waals surface area contributed by atoms with Gasteiger partial charge in [-0.05, 0) is 69.1 Å². The van der Waals surface area contributed by atoms with E-state index in [0.717, 1.165) is 43.7 Å². The molecule has 0 atom stereocenters. The first-order valence-electron chi connectivity index (χ1n) is 9.60. The highest BCUT2D eigenvalue weighted by atomic mass is 19.4. The van der Waals surface area contributed by atoms with Crippen LogP contribution in [0.5, 0.6) is 5.75 Å². The molecule has 1 aromatic carbocycles. The summed E-state index contributed by atoms with van der Waals surface area (Å²) < 4.78 is 41.0. The van der Waals surface area contributed by atoms with Crippen LogP contribution in [0.1, 0.15) is 24.1 Å². The maximum absolute atomic E-state index is 12.4. The molecule has 1 amide bonds. The number of rotatable bonds is 6. The smallest absolute Gasteiger partial charge is 0.406 e. The van der Waals surface area contributed by atoms with E-state index >= 15 is 0 Å². The number of carbonyl (C=O) groups excluding carboxylic acids is 1. The standard InChI is InChI=1S/C21H24F3N3O2/c1-15-4-2-7-19(25-15)26-20(28)17-9-12-27(13-10-17)11-8-16-5-3-6-18(14-16)29-21(22,23)24/h2-7,14,17H,8-13H2,1H3,(H,25,26,28). The molecular formula is C21H24F3N3O2. The average Bonchev–Trinajstić information content (AvgIpc) is 2.66. The van der Waals surface area contributed by atoms with Crippen molar-refractivity contribution >= 4 is 11.7 Å². The fourth-order valence-electron chi connectivity index (χ4n) is 3.45. The Morgan fingerprint density at radius 2 is 1.93 bits per heavy atom. The second-order valence-electron chi connectivity index (χ2n) is 7.21. The van der Waals surface area contributed by atoms with Gasteiger partial charge in [-0.3, -0.25) is 4.79 Å².